The minimum Gasteiger partial charge on any atom is -0.387 e. The van der Waals surface area contributed by atoms with Gasteiger partial charge in [-0.15, -0.1) is 0 Å². The number of carbonyl (C=O) groups excluding carboxylic acids is 1. The van der Waals surface area contributed by atoms with Crippen molar-refractivity contribution in [1.29, 1.82) is 0 Å². The van der Waals surface area contributed by atoms with E-state index in [4.69, 9.17) is 4.74 Å². The highest BCUT2D eigenvalue weighted by molar-refractivity contribution is 5.79. The minimum absolute atomic E-state index is 0.0976. The molecule has 104 valence electrons. The number of amides is 1. The molecule has 1 amide bonds. The largest absolute Gasteiger partial charge is 0.387 e. The zero-order valence-corrected chi connectivity index (χ0v) is 11.4. The van der Waals surface area contributed by atoms with Crippen LogP contribution < -0.4 is 0 Å². The van der Waals surface area contributed by atoms with Crippen LogP contribution in [-0.2, 0) is 9.53 Å². The van der Waals surface area contributed by atoms with E-state index in [0.29, 0.717) is 39.3 Å². The van der Waals surface area contributed by atoms with Crippen molar-refractivity contribution in [2.24, 2.45) is 5.92 Å². The lowest BCUT2D eigenvalue weighted by Gasteiger charge is -2.29. The summed E-state index contributed by atoms with van der Waals surface area (Å²) in [4.78, 5) is 16.1. The van der Waals surface area contributed by atoms with Gasteiger partial charge in [-0.25, -0.2) is 0 Å². The third kappa shape index (κ3) is 3.22. The first-order valence-electron chi connectivity index (χ1n) is 6.74. The molecule has 0 radical (unpaired) electrons. The van der Waals surface area contributed by atoms with Gasteiger partial charge in [-0.05, 0) is 33.4 Å². The van der Waals surface area contributed by atoms with Crippen LogP contribution in [0.15, 0.2) is 0 Å². The van der Waals surface area contributed by atoms with Crippen LogP contribution >= 0.6 is 0 Å². The third-order valence-electron chi connectivity index (χ3n) is 3.83. The number of rotatable bonds is 3. The molecule has 0 bridgehead atoms. The summed E-state index contributed by atoms with van der Waals surface area (Å²) < 4.78 is 5.28. The van der Waals surface area contributed by atoms with Gasteiger partial charge in [-0.2, -0.15) is 0 Å². The van der Waals surface area contributed by atoms with Crippen LogP contribution in [0.5, 0.6) is 0 Å². The Bertz CT molecular complexity index is 303. The summed E-state index contributed by atoms with van der Waals surface area (Å²) in [5.74, 6) is 0.299. The Morgan fingerprint density at radius 1 is 1.44 bits per heavy atom. The standard InChI is InChI=1S/C13H24N2O3/c1-14(2)9-13(17)5-6-15(10-13)12(16)11-3-7-18-8-4-11/h11,17H,3-10H2,1-2H3. The molecule has 2 fully saturated rings. The normalized spacial score (nSPS) is 30.1. The number of likely N-dealkylation sites (tertiary alicyclic amines) is 1. The molecule has 0 saturated carbocycles. The maximum Gasteiger partial charge on any atom is 0.225 e. The minimum atomic E-state index is -0.732. The maximum atomic E-state index is 12.3. The molecule has 0 aromatic carbocycles. The van der Waals surface area contributed by atoms with E-state index in [1.54, 1.807) is 0 Å². The first-order chi connectivity index (χ1) is 8.50. The van der Waals surface area contributed by atoms with Crippen molar-refractivity contribution in [3.05, 3.63) is 0 Å². The molecule has 1 N–H and O–H groups in total. The van der Waals surface area contributed by atoms with Gasteiger partial charge in [0.2, 0.25) is 5.91 Å². The lowest BCUT2D eigenvalue weighted by Crippen LogP contribution is -2.45. The van der Waals surface area contributed by atoms with Gasteiger partial charge < -0.3 is 19.6 Å². The van der Waals surface area contributed by atoms with E-state index < -0.39 is 5.60 Å². The molecule has 2 heterocycles. The van der Waals surface area contributed by atoms with E-state index in [2.05, 4.69) is 0 Å². The number of β-amino-alcohol motifs (C(OH)–C–C–N with tert-alkyl or cyclic N) is 1. The van der Waals surface area contributed by atoms with Crippen LogP contribution in [0.25, 0.3) is 0 Å². The predicted octanol–water partition coefficient (Wildman–Crippen LogP) is -0.0620. The number of aliphatic hydroxyl groups is 1. The monoisotopic (exact) mass is 256 g/mol. The predicted molar refractivity (Wildman–Crippen MR) is 68.2 cm³/mol. The van der Waals surface area contributed by atoms with Crippen molar-refractivity contribution in [3.8, 4) is 0 Å². The van der Waals surface area contributed by atoms with Gasteiger partial charge in [0.1, 0.15) is 0 Å². The Morgan fingerprint density at radius 2 is 2.11 bits per heavy atom. The Morgan fingerprint density at radius 3 is 2.72 bits per heavy atom. The number of likely N-dealkylation sites (N-methyl/N-ethyl adjacent to an activating group) is 1. The lowest BCUT2D eigenvalue weighted by molar-refractivity contribution is -0.138. The summed E-state index contributed by atoms with van der Waals surface area (Å²) in [6.07, 6.45) is 2.32. The number of nitrogens with zero attached hydrogens (tertiary/aromatic N) is 2. The molecule has 1 atom stereocenters. The summed E-state index contributed by atoms with van der Waals surface area (Å²) in [6, 6.07) is 0. The molecule has 2 aliphatic heterocycles. The fraction of sp³-hybridized carbons (Fsp3) is 0.923. The highest BCUT2D eigenvalue weighted by atomic mass is 16.5. The second-order valence-electron chi connectivity index (χ2n) is 5.86. The zero-order chi connectivity index (χ0) is 13.2. The molecule has 0 aromatic heterocycles. The highest BCUT2D eigenvalue weighted by Gasteiger charge is 2.40. The number of carbonyl (C=O) groups is 1. The van der Waals surface area contributed by atoms with Crippen LogP contribution in [0.2, 0.25) is 0 Å². The summed E-state index contributed by atoms with van der Waals surface area (Å²) in [7, 11) is 3.89. The smallest absolute Gasteiger partial charge is 0.225 e. The molecule has 1 unspecified atom stereocenters. The second kappa shape index (κ2) is 5.55. The third-order valence-corrected chi connectivity index (χ3v) is 3.83. The number of hydrogen-bond donors (Lipinski definition) is 1. The molecule has 0 spiro atoms. The van der Waals surface area contributed by atoms with Crippen molar-refractivity contribution in [2.75, 3.05) is 46.9 Å². The van der Waals surface area contributed by atoms with Crippen LogP contribution in [0, 0.1) is 5.92 Å². The van der Waals surface area contributed by atoms with Crippen molar-refractivity contribution in [3.63, 3.8) is 0 Å². The fourth-order valence-electron chi connectivity index (χ4n) is 2.96. The van der Waals surface area contributed by atoms with Gasteiger partial charge >= 0.3 is 0 Å². The SMILES string of the molecule is CN(C)CC1(O)CCN(C(=O)C2CCOCC2)C1. The van der Waals surface area contributed by atoms with Crippen LogP contribution in [-0.4, -0.2) is 73.4 Å². The molecule has 2 rings (SSSR count). The Labute approximate surface area is 109 Å². The first-order valence-corrected chi connectivity index (χ1v) is 6.74. The van der Waals surface area contributed by atoms with E-state index in [9.17, 15) is 9.90 Å². The van der Waals surface area contributed by atoms with E-state index in [1.165, 1.54) is 0 Å². The highest BCUT2D eigenvalue weighted by Crippen LogP contribution is 2.26. The van der Waals surface area contributed by atoms with Gasteiger partial charge in [0.15, 0.2) is 0 Å². The van der Waals surface area contributed by atoms with E-state index in [1.807, 2.05) is 23.9 Å². The summed E-state index contributed by atoms with van der Waals surface area (Å²) in [5, 5.41) is 10.4. The number of ether oxygens (including phenoxy) is 1. The quantitative estimate of drug-likeness (QED) is 0.768. The maximum absolute atomic E-state index is 12.3. The van der Waals surface area contributed by atoms with Gasteiger partial charge in [0, 0.05) is 32.2 Å². The van der Waals surface area contributed by atoms with Crippen molar-refractivity contribution in [1.82, 2.24) is 9.80 Å². The van der Waals surface area contributed by atoms with E-state index in [0.717, 1.165) is 12.8 Å². The summed E-state index contributed by atoms with van der Waals surface area (Å²) >= 11 is 0. The van der Waals surface area contributed by atoms with Gasteiger partial charge in [0.05, 0.1) is 12.1 Å². The van der Waals surface area contributed by atoms with Crippen molar-refractivity contribution in [2.45, 2.75) is 24.9 Å². The molecule has 2 aliphatic rings. The first kappa shape index (κ1) is 13.8. The Balaban J connectivity index is 1.89. The Kier molecular flexibility index (Phi) is 4.25. The molecule has 0 aromatic rings. The van der Waals surface area contributed by atoms with Crippen LogP contribution in [0.1, 0.15) is 19.3 Å². The Hall–Kier alpha value is -0.650. The van der Waals surface area contributed by atoms with Gasteiger partial charge in [-0.3, -0.25) is 4.79 Å². The fourth-order valence-corrected chi connectivity index (χ4v) is 2.96. The van der Waals surface area contributed by atoms with Crippen LogP contribution in [0.3, 0.4) is 0 Å². The molecule has 5 heteroatoms. The van der Waals surface area contributed by atoms with E-state index >= 15 is 0 Å². The van der Waals surface area contributed by atoms with Crippen LogP contribution in [0.4, 0.5) is 0 Å². The molecule has 0 aliphatic carbocycles. The van der Waals surface area contributed by atoms with E-state index in [-0.39, 0.29) is 11.8 Å². The average Bonchev–Trinajstić information content (AvgIpc) is 2.70. The lowest BCUT2D eigenvalue weighted by atomic mass is 9.98. The molecule has 18 heavy (non-hydrogen) atoms. The van der Waals surface area contributed by atoms with Crippen molar-refractivity contribution < 1.29 is 14.6 Å². The molecular weight excluding hydrogens is 232 g/mol. The summed E-state index contributed by atoms with van der Waals surface area (Å²) in [6.45, 7) is 3.14. The van der Waals surface area contributed by atoms with Crippen molar-refractivity contribution >= 4 is 5.91 Å². The summed E-state index contributed by atoms with van der Waals surface area (Å²) in [5.41, 5.74) is -0.732. The van der Waals surface area contributed by atoms with Gasteiger partial charge in [-0.1, -0.05) is 0 Å². The molecule has 5 nitrogen and oxygen atoms in total. The second-order valence-corrected chi connectivity index (χ2v) is 5.86. The molecular formula is C13H24N2O3. The zero-order valence-electron chi connectivity index (χ0n) is 11.4. The topological polar surface area (TPSA) is 53.0 Å². The average molecular weight is 256 g/mol. The van der Waals surface area contributed by atoms with Gasteiger partial charge in [0.25, 0.3) is 0 Å². The number of hydrogen-bond acceptors (Lipinski definition) is 4. The molecule has 2 saturated heterocycles.